The summed E-state index contributed by atoms with van der Waals surface area (Å²) in [6, 6.07) is 6.79. The van der Waals surface area contributed by atoms with Crippen LogP contribution in [0.25, 0.3) is 0 Å². The van der Waals surface area contributed by atoms with E-state index in [1.807, 2.05) is 0 Å². The molecule has 2 aliphatic heterocycles. The lowest BCUT2D eigenvalue weighted by Crippen LogP contribution is -2.63. The maximum Gasteiger partial charge on any atom is 0.0937 e. The first-order chi connectivity index (χ1) is 8.72. The number of piperazine rings is 1. The summed E-state index contributed by atoms with van der Waals surface area (Å²) in [6.07, 6.45) is 0. The Labute approximate surface area is 109 Å². The topological polar surface area (TPSA) is 24.5 Å². The molecule has 3 nitrogen and oxygen atoms in total. The third-order valence-electron chi connectivity index (χ3n) is 4.30. The van der Waals surface area contributed by atoms with Crippen molar-refractivity contribution in [3.63, 3.8) is 0 Å². The average molecular weight is 246 g/mol. The summed E-state index contributed by atoms with van der Waals surface area (Å²) in [4.78, 5) is 2.61. The van der Waals surface area contributed by atoms with Gasteiger partial charge in [-0.15, -0.1) is 0 Å². The van der Waals surface area contributed by atoms with Crippen LogP contribution < -0.4 is 5.32 Å². The predicted molar refractivity (Wildman–Crippen MR) is 72.9 cm³/mol. The van der Waals surface area contributed by atoms with Crippen molar-refractivity contribution in [2.45, 2.75) is 19.4 Å². The highest BCUT2D eigenvalue weighted by molar-refractivity contribution is 5.38. The third-order valence-corrected chi connectivity index (χ3v) is 4.30. The quantitative estimate of drug-likeness (QED) is 0.854. The van der Waals surface area contributed by atoms with Crippen LogP contribution in [-0.4, -0.2) is 44.3 Å². The Morgan fingerprint density at radius 1 is 1.17 bits per heavy atom. The van der Waals surface area contributed by atoms with E-state index in [0.29, 0.717) is 0 Å². The molecule has 0 radical (unpaired) electrons. The van der Waals surface area contributed by atoms with Gasteiger partial charge in [-0.3, -0.25) is 4.90 Å². The first-order valence-electron chi connectivity index (χ1n) is 6.84. The Balaban J connectivity index is 1.97. The molecular formula is C15H22N2O. The molecular weight excluding hydrogens is 224 g/mol. The van der Waals surface area contributed by atoms with Gasteiger partial charge in [0.05, 0.1) is 18.8 Å². The van der Waals surface area contributed by atoms with Crippen LogP contribution in [0.5, 0.6) is 0 Å². The molecule has 0 spiro atoms. The molecule has 3 heteroatoms. The van der Waals surface area contributed by atoms with Crippen molar-refractivity contribution in [3.8, 4) is 0 Å². The second kappa shape index (κ2) is 4.65. The number of benzene rings is 1. The zero-order chi connectivity index (χ0) is 12.6. The third kappa shape index (κ3) is 1.87. The molecule has 1 N–H and O–H groups in total. The molecule has 0 bridgehead atoms. The fourth-order valence-corrected chi connectivity index (χ4v) is 3.13. The first kappa shape index (κ1) is 12.2. The number of rotatable bonds is 2. The summed E-state index contributed by atoms with van der Waals surface area (Å²) in [5.74, 6) is 0. The minimum Gasteiger partial charge on any atom is -0.377 e. The summed E-state index contributed by atoms with van der Waals surface area (Å²) >= 11 is 0. The number of aryl methyl sites for hydroxylation is 2. The van der Waals surface area contributed by atoms with Crippen LogP contribution in [0, 0.1) is 13.8 Å². The van der Waals surface area contributed by atoms with Gasteiger partial charge in [0.25, 0.3) is 0 Å². The molecule has 2 saturated heterocycles. The van der Waals surface area contributed by atoms with Crippen LogP contribution in [0.15, 0.2) is 18.2 Å². The van der Waals surface area contributed by atoms with E-state index in [1.54, 1.807) is 0 Å². The molecule has 2 fully saturated rings. The van der Waals surface area contributed by atoms with E-state index in [2.05, 4.69) is 42.3 Å². The molecule has 0 atom stereocenters. The van der Waals surface area contributed by atoms with E-state index in [9.17, 15) is 0 Å². The minimum absolute atomic E-state index is 0.137. The summed E-state index contributed by atoms with van der Waals surface area (Å²) in [6.45, 7) is 10.5. The van der Waals surface area contributed by atoms with Crippen LogP contribution in [-0.2, 0) is 10.3 Å². The lowest BCUT2D eigenvalue weighted by molar-refractivity contribution is -0.149. The Morgan fingerprint density at radius 2 is 1.89 bits per heavy atom. The van der Waals surface area contributed by atoms with Gasteiger partial charge >= 0.3 is 0 Å². The van der Waals surface area contributed by atoms with Crippen LogP contribution >= 0.6 is 0 Å². The van der Waals surface area contributed by atoms with Gasteiger partial charge in [0.1, 0.15) is 0 Å². The molecule has 0 amide bonds. The molecule has 3 rings (SSSR count). The number of nitrogens with one attached hydrogen (secondary N) is 1. The molecule has 18 heavy (non-hydrogen) atoms. The van der Waals surface area contributed by atoms with Gasteiger partial charge in [-0.1, -0.05) is 23.8 Å². The SMILES string of the molecule is Cc1ccc(C)c(C2(N3CCNCC3)COC2)c1. The Morgan fingerprint density at radius 3 is 2.50 bits per heavy atom. The Hall–Kier alpha value is -0.900. The smallest absolute Gasteiger partial charge is 0.0937 e. The fraction of sp³-hybridized carbons (Fsp3) is 0.600. The summed E-state index contributed by atoms with van der Waals surface area (Å²) in [5.41, 5.74) is 4.34. The zero-order valence-corrected chi connectivity index (χ0v) is 11.3. The van der Waals surface area contributed by atoms with Gasteiger partial charge < -0.3 is 10.1 Å². The van der Waals surface area contributed by atoms with E-state index in [-0.39, 0.29) is 5.54 Å². The molecule has 0 aliphatic carbocycles. The second-order valence-corrected chi connectivity index (χ2v) is 5.58. The molecule has 2 heterocycles. The highest BCUT2D eigenvalue weighted by atomic mass is 16.5. The van der Waals surface area contributed by atoms with Crippen LogP contribution in [0.4, 0.5) is 0 Å². The van der Waals surface area contributed by atoms with Gasteiger partial charge in [0.2, 0.25) is 0 Å². The van der Waals surface area contributed by atoms with Gasteiger partial charge in [-0.05, 0) is 25.0 Å². The highest BCUT2D eigenvalue weighted by Crippen LogP contribution is 2.38. The van der Waals surface area contributed by atoms with Crippen molar-refractivity contribution in [1.29, 1.82) is 0 Å². The van der Waals surface area contributed by atoms with Gasteiger partial charge in [-0.2, -0.15) is 0 Å². The number of hydrogen-bond acceptors (Lipinski definition) is 3. The largest absolute Gasteiger partial charge is 0.377 e. The molecule has 0 saturated carbocycles. The Kier molecular flexibility index (Phi) is 3.14. The average Bonchev–Trinajstić information content (AvgIpc) is 2.34. The number of nitrogens with zero attached hydrogens (tertiary/aromatic N) is 1. The van der Waals surface area contributed by atoms with Crippen molar-refractivity contribution in [3.05, 3.63) is 34.9 Å². The maximum atomic E-state index is 5.58. The van der Waals surface area contributed by atoms with E-state index in [0.717, 1.165) is 39.4 Å². The lowest BCUT2D eigenvalue weighted by atomic mass is 9.82. The molecule has 1 aromatic rings. The molecule has 0 unspecified atom stereocenters. The molecule has 98 valence electrons. The first-order valence-corrected chi connectivity index (χ1v) is 6.84. The van der Waals surface area contributed by atoms with E-state index in [1.165, 1.54) is 16.7 Å². The van der Waals surface area contributed by atoms with Crippen LogP contribution in [0.1, 0.15) is 16.7 Å². The van der Waals surface area contributed by atoms with Crippen molar-refractivity contribution in [1.82, 2.24) is 10.2 Å². The molecule has 0 aromatic heterocycles. The van der Waals surface area contributed by atoms with E-state index < -0.39 is 0 Å². The van der Waals surface area contributed by atoms with Crippen LogP contribution in [0.3, 0.4) is 0 Å². The summed E-state index contributed by atoms with van der Waals surface area (Å²) < 4.78 is 5.58. The van der Waals surface area contributed by atoms with Gasteiger partial charge in [0.15, 0.2) is 0 Å². The summed E-state index contributed by atoms with van der Waals surface area (Å²) in [5, 5.41) is 3.43. The lowest BCUT2D eigenvalue weighted by Gasteiger charge is -2.52. The Bertz CT molecular complexity index is 434. The van der Waals surface area contributed by atoms with Crippen molar-refractivity contribution >= 4 is 0 Å². The monoisotopic (exact) mass is 246 g/mol. The normalized spacial score (nSPS) is 23.7. The van der Waals surface area contributed by atoms with Crippen molar-refractivity contribution in [2.24, 2.45) is 0 Å². The maximum absolute atomic E-state index is 5.58. The van der Waals surface area contributed by atoms with E-state index in [4.69, 9.17) is 4.74 Å². The van der Waals surface area contributed by atoms with Crippen LogP contribution in [0.2, 0.25) is 0 Å². The number of ether oxygens (including phenoxy) is 1. The highest BCUT2D eigenvalue weighted by Gasteiger charge is 2.46. The fourth-order valence-electron chi connectivity index (χ4n) is 3.13. The molecule has 1 aromatic carbocycles. The summed E-state index contributed by atoms with van der Waals surface area (Å²) in [7, 11) is 0. The van der Waals surface area contributed by atoms with Gasteiger partial charge in [0, 0.05) is 26.2 Å². The van der Waals surface area contributed by atoms with Crippen molar-refractivity contribution < 1.29 is 4.74 Å². The standard InChI is InChI=1S/C15H22N2O/c1-12-3-4-13(2)14(9-12)15(10-18-11-15)17-7-5-16-6-8-17/h3-4,9,16H,5-8,10-11H2,1-2H3. The van der Waals surface area contributed by atoms with E-state index >= 15 is 0 Å². The van der Waals surface area contributed by atoms with Crippen molar-refractivity contribution in [2.75, 3.05) is 39.4 Å². The van der Waals surface area contributed by atoms with Gasteiger partial charge in [-0.25, -0.2) is 0 Å². The second-order valence-electron chi connectivity index (χ2n) is 5.58. The predicted octanol–water partition coefficient (Wildman–Crippen LogP) is 1.43. The minimum atomic E-state index is 0.137. The molecule has 2 aliphatic rings. The number of hydrogen-bond donors (Lipinski definition) is 1. The zero-order valence-electron chi connectivity index (χ0n) is 11.3.